The van der Waals surface area contributed by atoms with Gasteiger partial charge in [0.05, 0.1) is 18.6 Å². The Bertz CT molecular complexity index is 1010. The van der Waals surface area contributed by atoms with Crippen LogP contribution in [0, 0.1) is 0 Å². The molecule has 29 heavy (non-hydrogen) atoms. The minimum Gasteiger partial charge on any atom is -0.495 e. The monoisotopic (exact) mass is 426 g/mol. The number of rotatable bonds is 8. The summed E-state index contributed by atoms with van der Waals surface area (Å²) in [6.07, 6.45) is 3.15. The number of methoxy groups -OCH3 is 1. The number of benzene rings is 2. The molecule has 0 saturated carbocycles. The van der Waals surface area contributed by atoms with Crippen LogP contribution < -0.4 is 15.4 Å². The molecular weight excluding hydrogens is 408 g/mol. The number of anilines is 2. The maximum Gasteiger partial charge on any atom is 0.250 e. The molecule has 0 aliphatic heterocycles. The van der Waals surface area contributed by atoms with Gasteiger partial charge in [-0.25, -0.2) is 0 Å². The van der Waals surface area contributed by atoms with Gasteiger partial charge in [0.1, 0.15) is 5.75 Å². The lowest BCUT2D eigenvalue weighted by Crippen LogP contribution is -2.14. The van der Waals surface area contributed by atoms with Gasteiger partial charge in [-0.05, 0) is 23.8 Å². The van der Waals surface area contributed by atoms with Crippen molar-refractivity contribution >= 4 is 51.8 Å². The number of thioether (sulfide) groups is 1. The van der Waals surface area contributed by atoms with Crippen molar-refractivity contribution in [2.45, 2.75) is 4.34 Å². The topological polar surface area (TPSA) is 93.2 Å². The molecule has 0 saturated heterocycles. The van der Waals surface area contributed by atoms with Gasteiger partial charge in [0, 0.05) is 6.08 Å². The van der Waals surface area contributed by atoms with Crippen LogP contribution in [0.1, 0.15) is 5.56 Å². The van der Waals surface area contributed by atoms with Gasteiger partial charge in [-0.2, -0.15) is 0 Å². The van der Waals surface area contributed by atoms with E-state index >= 15 is 0 Å². The molecule has 3 aromatic rings. The first kappa shape index (κ1) is 20.6. The lowest BCUT2D eigenvalue weighted by Gasteiger charge is -2.08. The predicted octanol–water partition coefficient (Wildman–Crippen LogP) is 3.93. The molecule has 3 rings (SSSR count). The van der Waals surface area contributed by atoms with Crippen LogP contribution >= 0.6 is 23.1 Å². The molecule has 0 radical (unpaired) electrons. The number of carbonyl (C=O) groups is 2. The fourth-order valence-electron chi connectivity index (χ4n) is 2.26. The summed E-state index contributed by atoms with van der Waals surface area (Å²) in [6.45, 7) is 0. The fraction of sp³-hybridized carbons (Fsp3) is 0.100. The molecule has 2 N–H and O–H groups in total. The van der Waals surface area contributed by atoms with Crippen molar-refractivity contribution in [3.05, 3.63) is 66.2 Å². The van der Waals surface area contributed by atoms with E-state index in [1.54, 1.807) is 25.3 Å². The molecule has 9 heteroatoms. The summed E-state index contributed by atoms with van der Waals surface area (Å²) < 4.78 is 5.80. The summed E-state index contributed by atoms with van der Waals surface area (Å²) in [5, 5.41) is 13.8. The maximum atomic E-state index is 12.1. The second-order valence-corrected chi connectivity index (χ2v) is 7.84. The van der Waals surface area contributed by atoms with Crippen LogP contribution in [0.25, 0.3) is 6.08 Å². The van der Waals surface area contributed by atoms with Crippen LogP contribution in [0.15, 0.2) is 65.0 Å². The Morgan fingerprint density at radius 2 is 1.83 bits per heavy atom. The number of amides is 2. The highest BCUT2D eigenvalue weighted by atomic mass is 32.2. The third kappa shape index (κ3) is 6.44. The number of para-hydroxylation sites is 2. The van der Waals surface area contributed by atoms with Gasteiger partial charge in [0.25, 0.3) is 0 Å². The first-order valence-electron chi connectivity index (χ1n) is 8.57. The van der Waals surface area contributed by atoms with Crippen LogP contribution in [0.4, 0.5) is 10.8 Å². The van der Waals surface area contributed by atoms with E-state index in [9.17, 15) is 9.59 Å². The Labute approximate surface area is 176 Å². The van der Waals surface area contributed by atoms with E-state index in [-0.39, 0.29) is 17.6 Å². The van der Waals surface area contributed by atoms with E-state index in [1.807, 2.05) is 42.5 Å². The van der Waals surface area contributed by atoms with E-state index < -0.39 is 0 Å². The van der Waals surface area contributed by atoms with Gasteiger partial charge in [-0.15, -0.1) is 10.2 Å². The molecule has 0 fully saturated rings. The molecule has 7 nitrogen and oxygen atoms in total. The number of nitrogens with zero attached hydrogens (tertiary/aromatic N) is 2. The standard InChI is InChI=1S/C20H18N4O3S2/c1-27-16-10-6-5-9-15(16)21-18(26)13-28-20-24-23-19(29-20)22-17(25)12-11-14-7-3-2-4-8-14/h2-12H,13H2,1H3,(H,21,26)(H,22,23,25). The van der Waals surface area contributed by atoms with E-state index in [0.717, 1.165) is 5.56 Å². The van der Waals surface area contributed by atoms with Gasteiger partial charge in [0.2, 0.25) is 16.9 Å². The second kappa shape index (κ2) is 10.4. The highest BCUT2D eigenvalue weighted by Crippen LogP contribution is 2.27. The minimum atomic E-state index is -0.296. The predicted molar refractivity (Wildman–Crippen MR) is 116 cm³/mol. The summed E-state index contributed by atoms with van der Waals surface area (Å²) in [7, 11) is 1.55. The van der Waals surface area contributed by atoms with E-state index in [2.05, 4.69) is 20.8 Å². The van der Waals surface area contributed by atoms with Crippen molar-refractivity contribution in [2.75, 3.05) is 23.5 Å². The first-order chi connectivity index (χ1) is 14.1. The highest BCUT2D eigenvalue weighted by Gasteiger charge is 2.11. The Morgan fingerprint density at radius 3 is 2.62 bits per heavy atom. The third-order valence-corrected chi connectivity index (χ3v) is 5.54. The summed E-state index contributed by atoms with van der Waals surface area (Å²) in [6, 6.07) is 16.7. The largest absolute Gasteiger partial charge is 0.495 e. The van der Waals surface area contributed by atoms with Crippen LogP contribution in [0.5, 0.6) is 5.75 Å². The second-order valence-electron chi connectivity index (χ2n) is 5.64. The van der Waals surface area contributed by atoms with Crippen molar-refractivity contribution in [2.24, 2.45) is 0 Å². The van der Waals surface area contributed by atoms with Crippen molar-refractivity contribution in [1.82, 2.24) is 10.2 Å². The normalized spacial score (nSPS) is 10.7. The zero-order valence-electron chi connectivity index (χ0n) is 15.5. The molecule has 0 spiro atoms. The van der Waals surface area contributed by atoms with Gasteiger partial charge in [-0.3, -0.25) is 14.9 Å². The molecule has 0 aliphatic carbocycles. The lowest BCUT2D eigenvalue weighted by atomic mass is 10.2. The number of ether oxygens (including phenoxy) is 1. The Kier molecular flexibility index (Phi) is 7.37. The number of carbonyl (C=O) groups excluding carboxylic acids is 2. The van der Waals surface area contributed by atoms with Gasteiger partial charge < -0.3 is 10.1 Å². The van der Waals surface area contributed by atoms with Gasteiger partial charge >= 0.3 is 0 Å². The number of aromatic nitrogens is 2. The average Bonchev–Trinajstić information content (AvgIpc) is 3.19. The maximum absolute atomic E-state index is 12.1. The zero-order chi connectivity index (χ0) is 20.5. The third-order valence-electron chi connectivity index (χ3n) is 3.57. The van der Waals surface area contributed by atoms with E-state index in [1.165, 1.54) is 29.2 Å². The lowest BCUT2D eigenvalue weighted by molar-refractivity contribution is -0.114. The summed E-state index contributed by atoms with van der Waals surface area (Å²) >= 11 is 2.45. The number of nitrogens with one attached hydrogen (secondary N) is 2. The molecule has 0 bridgehead atoms. The molecule has 148 valence electrons. The first-order valence-corrected chi connectivity index (χ1v) is 10.4. The molecule has 0 unspecified atom stereocenters. The number of hydrogen-bond acceptors (Lipinski definition) is 7. The van der Waals surface area contributed by atoms with Crippen LogP contribution in [0.3, 0.4) is 0 Å². The van der Waals surface area contributed by atoms with Gasteiger partial charge in [0.15, 0.2) is 4.34 Å². The smallest absolute Gasteiger partial charge is 0.250 e. The Morgan fingerprint density at radius 1 is 1.07 bits per heavy atom. The molecule has 1 heterocycles. The zero-order valence-corrected chi connectivity index (χ0v) is 17.1. The number of hydrogen-bond donors (Lipinski definition) is 2. The summed E-state index contributed by atoms with van der Waals surface area (Å²) in [5.74, 6) is 0.269. The molecule has 1 aromatic heterocycles. The van der Waals surface area contributed by atoms with Crippen molar-refractivity contribution in [1.29, 1.82) is 0 Å². The molecule has 2 aromatic carbocycles. The SMILES string of the molecule is COc1ccccc1NC(=O)CSc1nnc(NC(=O)C=Cc2ccccc2)s1. The minimum absolute atomic E-state index is 0.161. The van der Waals surface area contributed by atoms with E-state index in [4.69, 9.17) is 4.74 Å². The van der Waals surface area contributed by atoms with Crippen molar-refractivity contribution in [3.63, 3.8) is 0 Å². The summed E-state index contributed by atoms with van der Waals surface area (Å²) in [5.41, 5.74) is 1.54. The van der Waals surface area contributed by atoms with Crippen molar-refractivity contribution < 1.29 is 14.3 Å². The molecule has 0 atom stereocenters. The molecule has 0 aliphatic rings. The fourth-order valence-corrected chi connectivity index (χ4v) is 3.82. The van der Waals surface area contributed by atoms with Gasteiger partial charge in [-0.1, -0.05) is 65.6 Å². The van der Waals surface area contributed by atoms with Crippen LogP contribution in [0.2, 0.25) is 0 Å². The molecular formula is C20H18N4O3S2. The Hall–Kier alpha value is -3.17. The quantitative estimate of drug-likeness (QED) is 0.322. The Balaban J connectivity index is 1.48. The van der Waals surface area contributed by atoms with Crippen LogP contribution in [-0.2, 0) is 9.59 Å². The average molecular weight is 427 g/mol. The van der Waals surface area contributed by atoms with Crippen LogP contribution in [-0.4, -0.2) is 34.9 Å². The van der Waals surface area contributed by atoms with Crippen molar-refractivity contribution in [3.8, 4) is 5.75 Å². The van der Waals surface area contributed by atoms with E-state index in [0.29, 0.717) is 20.9 Å². The highest BCUT2D eigenvalue weighted by molar-refractivity contribution is 8.01. The summed E-state index contributed by atoms with van der Waals surface area (Å²) in [4.78, 5) is 24.1. The molecule has 2 amide bonds.